The minimum atomic E-state index is 0.433. The number of hydrogen-bond donors (Lipinski definition) is 1. The number of rotatable bonds is 4. The van der Waals surface area contributed by atoms with Crippen LogP contribution in [0.5, 0.6) is 0 Å². The van der Waals surface area contributed by atoms with Crippen LogP contribution in [0.1, 0.15) is 19.7 Å². The van der Waals surface area contributed by atoms with Crippen LogP contribution in [0.3, 0.4) is 0 Å². The number of oxazole rings is 1. The Hall–Kier alpha value is -0.880. The number of nitrogens with one attached hydrogen (secondary N) is 1. The molecule has 1 aromatic carbocycles. The third-order valence-electron chi connectivity index (χ3n) is 2.35. The zero-order valence-electron chi connectivity index (χ0n) is 9.90. The van der Waals surface area contributed by atoms with Gasteiger partial charge in [0.15, 0.2) is 5.76 Å². The van der Waals surface area contributed by atoms with Crippen LogP contribution in [-0.4, -0.2) is 11.0 Å². The van der Waals surface area contributed by atoms with Gasteiger partial charge in [0.2, 0.25) is 5.89 Å². The molecule has 0 aliphatic rings. The predicted octanol–water partition coefficient (Wildman–Crippen LogP) is 3.44. The van der Waals surface area contributed by atoms with E-state index in [0.29, 0.717) is 12.6 Å². The van der Waals surface area contributed by atoms with E-state index in [0.717, 1.165) is 17.2 Å². The SMILES string of the molecule is CC(C)NCc1ncc(-c2ccccc2I)o1. The maximum absolute atomic E-state index is 5.72. The first kappa shape index (κ1) is 12.6. The van der Waals surface area contributed by atoms with Crippen molar-refractivity contribution >= 4 is 22.6 Å². The summed E-state index contributed by atoms with van der Waals surface area (Å²) >= 11 is 2.30. The first-order chi connectivity index (χ1) is 8.16. The van der Waals surface area contributed by atoms with Crippen molar-refractivity contribution in [1.82, 2.24) is 10.3 Å². The Balaban J connectivity index is 2.16. The lowest BCUT2D eigenvalue weighted by molar-refractivity contribution is 0.459. The summed E-state index contributed by atoms with van der Waals surface area (Å²) in [6.07, 6.45) is 1.79. The highest BCUT2D eigenvalue weighted by Crippen LogP contribution is 2.25. The zero-order chi connectivity index (χ0) is 12.3. The molecular weight excluding hydrogens is 327 g/mol. The van der Waals surface area contributed by atoms with Crippen LogP contribution in [-0.2, 0) is 6.54 Å². The van der Waals surface area contributed by atoms with Gasteiger partial charge in [-0.05, 0) is 28.7 Å². The van der Waals surface area contributed by atoms with Crippen molar-refractivity contribution in [3.8, 4) is 11.3 Å². The van der Waals surface area contributed by atoms with E-state index in [9.17, 15) is 0 Å². The topological polar surface area (TPSA) is 38.1 Å². The largest absolute Gasteiger partial charge is 0.439 e. The molecule has 0 aliphatic carbocycles. The highest BCUT2D eigenvalue weighted by Gasteiger charge is 2.08. The fourth-order valence-electron chi connectivity index (χ4n) is 1.47. The monoisotopic (exact) mass is 342 g/mol. The van der Waals surface area contributed by atoms with Gasteiger partial charge in [-0.3, -0.25) is 0 Å². The van der Waals surface area contributed by atoms with E-state index in [1.165, 1.54) is 3.57 Å². The van der Waals surface area contributed by atoms with E-state index >= 15 is 0 Å². The minimum Gasteiger partial charge on any atom is -0.439 e. The molecule has 0 amide bonds. The molecule has 17 heavy (non-hydrogen) atoms. The van der Waals surface area contributed by atoms with E-state index in [-0.39, 0.29) is 0 Å². The first-order valence-corrected chi connectivity index (χ1v) is 6.67. The minimum absolute atomic E-state index is 0.433. The Morgan fingerprint density at radius 2 is 2.12 bits per heavy atom. The van der Waals surface area contributed by atoms with E-state index in [1.807, 2.05) is 18.2 Å². The zero-order valence-corrected chi connectivity index (χ0v) is 12.1. The highest BCUT2D eigenvalue weighted by molar-refractivity contribution is 14.1. The van der Waals surface area contributed by atoms with Crippen LogP contribution < -0.4 is 5.32 Å². The summed E-state index contributed by atoms with van der Waals surface area (Å²) in [5.41, 5.74) is 1.09. The predicted molar refractivity (Wildman–Crippen MR) is 76.6 cm³/mol. The Morgan fingerprint density at radius 1 is 1.35 bits per heavy atom. The van der Waals surface area contributed by atoms with Gasteiger partial charge in [0, 0.05) is 15.2 Å². The van der Waals surface area contributed by atoms with Crippen molar-refractivity contribution in [2.75, 3.05) is 0 Å². The molecule has 2 rings (SSSR count). The molecule has 0 bridgehead atoms. The van der Waals surface area contributed by atoms with Gasteiger partial charge < -0.3 is 9.73 Å². The summed E-state index contributed by atoms with van der Waals surface area (Å²) in [5.74, 6) is 1.56. The Morgan fingerprint density at radius 3 is 2.82 bits per heavy atom. The lowest BCUT2D eigenvalue weighted by atomic mass is 10.2. The molecule has 0 spiro atoms. The van der Waals surface area contributed by atoms with Gasteiger partial charge in [-0.2, -0.15) is 0 Å². The average molecular weight is 342 g/mol. The summed E-state index contributed by atoms with van der Waals surface area (Å²) in [6.45, 7) is 4.87. The second-order valence-electron chi connectivity index (χ2n) is 4.13. The molecule has 2 aromatic rings. The lowest BCUT2D eigenvalue weighted by Gasteiger charge is -2.04. The first-order valence-electron chi connectivity index (χ1n) is 5.60. The van der Waals surface area contributed by atoms with Gasteiger partial charge in [0.1, 0.15) is 0 Å². The van der Waals surface area contributed by atoms with E-state index in [1.54, 1.807) is 6.20 Å². The van der Waals surface area contributed by atoms with E-state index < -0.39 is 0 Å². The molecular formula is C13H15IN2O. The second kappa shape index (κ2) is 5.64. The molecule has 0 unspecified atom stereocenters. The van der Waals surface area contributed by atoms with E-state index in [4.69, 9.17) is 4.42 Å². The van der Waals surface area contributed by atoms with Gasteiger partial charge in [-0.1, -0.05) is 32.0 Å². The number of aromatic nitrogens is 1. The fourth-order valence-corrected chi connectivity index (χ4v) is 2.12. The van der Waals surface area contributed by atoms with Crippen LogP contribution in [0.15, 0.2) is 34.9 Å². The quantitative estimate of drug-likeness (QED) is 0.865. The van der Waals surface area contributed by atoms with Crippen molar-refractivity contribution in [2.24, 2.45) is 0 Å². The molecule has 1 aromatic heterocycles. The van der Waals surface area contributed by atoms with Crippen molar-refractivity contribution in [1.29, 1.82) is 0 Å². The lowest BCUT2D eigenvalue weighted by Crippen LogP contribution is -2.21. The van der Waals surface area contributed by atoms with Gasteiger partial charge in [-0.25, -0.2) is 4.98 Å². The maximum atomic E-state index is 5.72. The van der Waals surface area contributed by atoms with Crippen molar-refractivity contribution in [2.45, 2.75) is 26.4 Å². The molecule has 3 nitrogen and oxygen atoms in total. The second-order valence-corrected chi connectivity index (χ2v) is 5.30. The van der Waals surface area contributed by atoms with Crippen LogP contribution in [0, 0.1) is 3.57 Å². The van der Waals surface area contributed by atoms with Crippen LogP contribution in [0.4, 0.5) is 0 Å². The van der Waals surface area contributed by atoms with Gasteiger partial charge >= 0.3 is 0 Å². The molecule has 0 atom stereocenters. The Bertz CT molecular complexity index is 494. The Kier molecular flexibility index (Phi) is 4.17. The molecule has 0 saturated heterocycles. The number of hydrogen-bond acceptors (Lipinski definition) is 3. The third-order valence-corrected chi connectivity index (χ3v) is 3.30. The highest BCUT2D eigenvalue weighted by atomic mass is 127. The molecule has 0 fully saturated rings. The van der Waals surface area contributed by atoms with Crippen molar-refractivity contribution in [3.05, 3.63) is 39.9 Å². The molecule has 0 radical (unpaired) electrons. The maximum Gasteiger partial charge on any atom is 0.208 e. The fraction of sp³-hybridized carbons (Fsp3) is 0.308. The smallest absolute Gasteiger partial charge is 0.208 e. The van der Waals surface area contributed by atoms with Gasteiger partial charge in [0.25, 0.3) is 0 Å². The molecule has 0 saturated carbocycles. The van der Waals surface area contributed by atoms with Gasteiger partial charge in [0.05, 0.1) is 12.7 Å². The molecule has 90 valence electrons. The summed E-state index contributed by atoms with van der Waals surface area (Å²) in [4.78, 5) is 4.27. The number of benzene rings is 1. The standard InChI is InChI=1S/C13H15IN2O/c1-9(2)15-8-13-16-7-12(17-13)10-5-3-4-6-11(10)14/h3-7,9,15H,8H2,1-2H3. The summed E-state index contributed by atoms with van der Waals surface area (Å²) < 4.78 is 6.89. The van der Waals surface area contributed by atoms with Crippen LogP contribution >= 0.6 is 22.6 Å². The van der Waals surface area contributed by atoms with Crippen LogP contribution in [0.2, 0.25) is 0 Å². The van der Waals surface area contributed by atoms with Crippen LogP contribution in [0.25, 0.3) is 11.3 Å². The molecule has 0 aliphatic heterocycles. The number of halogens is 1. The molecule has 1 heterocycles. The summed E-state index contributed by atoms with van der Waals surface area (Å²) in [6, 6.07) is 8.56. The molecule has 4 heteroatoms. The van der Waals surface area contributed by atoms with E-state index in [2.05, 4.69) is 52.8 Å². The van der Waals surface area contributed by atoms with Gasteiger partial charge in [-0.15, -0.1) is 0 Å². The summed E-state index contributed by atoms with van der Waals surface area (Å²) in [5, 5.41) is 3.28. The summed E-state index contributed by atoms with van der Waals surface area (Å²) in [7, 11) is 0. The third kappa shape index (κ3) is 3.29. The normalized spacial score (nSPS) is 11.1. The number of nitrogens with zero attached hydrogens (tertiary/aromatic N) is 1. The Labute approximate surface area is 115 Å². The van der Waals surface area contributed by atoms with Crippen molar-refractivity contribution < 1.29 is 4.42 Å². The van der Waals surface area contributed by atoms with Crippen molar-refractivity contribution in [3.63, 3.8) is 0 Å². The molecule has 1 N–H and O–H groups in total. The average Bonchev–Trinajstić information content (AvgIpc) is 2.75.